The second kappa shape index (κ2) is 6.50. The lowest BCUT2D eigenvalue weighted by Gasteiger charge is -2.04. The lowest BCUT2D eigenvalue weighted by molar-refractivity contribution is 0.103. The second-order valence-corrected chi connectivity index (χ2v) is 5.96. The van der Waals surface area contributed by atoms with E-state index < -0.39 is 0 Å². The van der Waals surface area contributed by atoms with E-state index in [0.29, 0.717) is 11.1 Å². The Balaban J connectivity index is 1.75. The predicted molar refractivity (Wildman–Crippen MR) is 88.5 cm³/mol. The maximum atomic E-state index is 12.3. The zero-order valence-electron chi connectivity index (χ0n) is 11.8. The summed E-state index contributed by atoms with van der Waals surface area (Å²) in [5.74, 6) is 0.287. The fourth-order valence-corrected chi connectivity index (χ4v) is 2.90. The van der Waals surface area contributed by atoms with Crippen LogP contribution in [0.1, 0.15) is 15.9 Å². The summed E-state index contributed by atoms with van der Waals surface area (Å²) in [7, 11) is 0. The number of carbonyl (C=O) groups is 1. The molecule has 3 heteroatoms. The molecule has 3 aromatic carbocycles. The van der Waals surface area contributed by atoms with Crippen LogP contribution in [0.15, 0.2) is 88.7 Å². The Kier molecular flexibility index (Phi) is 4.26. The molecule has 0 radical (unpaired) electrons. The molecule has 3 aromatic rings. The van der Waals surface area contributed by atoms with E-state index >= 15 is 0 Å². The lowest BCUT2D eigenvalue weighted by atomic mass is 10.0. The number of rotatable bonds is 4. The molecule has 0 aliphatic rings. The van der Waals surface area contributed by atoms with Crippen LogP contribution in [0.2, 0.25) is 0 Å². The SMILES string of the molecule is O=C(c1ccccc1)c1ccc(Sc2ccc(O)cc2)cc1. The first-order chi connectivity index (χ1) is 10.7. The van der Waals surface area contributed by atoms with Crippen molar-refractivity contribution >= 4 is 17.5 Å². The Bertz CT molecular complexity index is 763. The van der Waals surface area contributed by atoms with Crippen molar-refractivity contribution in [2.24, 2.45) is 0 Å². The van der Waals surface area contributed by atoms with E-state index in [4.69, 9.17) is 0 Å². The number of phenols is 1. The van der Waals surface area contributed by atoms with Crippen molar-refractivity contribution in [2.75, 3.05) is 0 Å². The van der Waals surface area contributed by atoms with Gasteiger partial charge in [0.15, 0.2) is 5.78 Å². The average Bonchev–Trinajstić information content (AvgIpc) is 2.58. The summed E-state index contributed by atoms with van der Waals surface area (Å²) in [6.07, 6.45) is 0. The number of ketones is 1. The summed E-state index contributed by atoms with van der Waals surface area (Å²) in [5, 5.41) is 9.28. The molecule has 0 aromatic heterocycles. The molecule has 0 spiro atoms. The zero-order valence-corrected chi connectivity index (χ0v) is 12.6. The smallest absolute Gasteiger partial charge is 0.193 e. The molecule has 0 saturated carbocycles. The maximum absolute atomic E-state index is 12.3. The van der Waals surface area contributed by atoms with Crippen LogP contribution in [0.5, 0.6) is 5.75 Å². The molecule has 0 atom stereocenters. The van der Waals surface area contributed by atoms with Gasteiger partial charge in [0.25, 0.3) is 0 Å². The molecule has 2 nitrogen and oxygen atoms in total. The largest absolute Gasteiger partial charge is 0.508 e. The van der Waals surface area contributed by atoms with Crippen molar-refractivity contribution in [3.05, 3.63) is 90.0 Å². The first-order valence-electron chi connectivity index (χ1n) is 6.89. The first-order valence-corrected chi connectivity index (χ1v) is 7.71. The molecule has 22 heavy (non-hydrogen) atoms. The molecular weight excluding hydrogens is 292 g/mol. The standard InChI is InChI=1S/C19H14O2S/c20-16-8-12-18(13-9-16)22-17-10-6-15(7-11-17)19(21)14-4-2-1-3-5-14/h1-13,20H. The molecule has 0 bridgehead atoms. The van der Waals surface area contributed by atoms with Crippen molar-refractivity contribution in [2.45, 2.75) is 9.79 Å². The third kappa shape index (κ3) is 3.38. The zero-order chi connectivity index (χ0) is 15.4. The first kappa shape index (κ1) is 14.4. The highest BCUT2D eigenvalue weighted by Crippen LogP contribution is 2.29. The van der Waals surface area contributed by atoms with E-state index in [1.54, 1.807) is 23.9 Å². The van der Waals surface area contributed by atoms with Crippen LogP contribution in [0.4, 0.5) is 0 Å². The molecule has 0 aliphatic heterocycles. The summed E-state index contributed by atoms with van der Waals surface area (Å²) in [4.78, 5) is 14.4. The fraction of sp³-hybridized carbons (Fsp3) is 0. The minimum absolute atomic E-state index is 0.0294. The van der Waals surface area contributed by atoms with Crippen molar-refractivity contribution in [1.82, 2.24) is 0 Å². The van der Waals surface area contributed by atoms with Crippen LogP contribution in [-0.4, -0.2) is 10.9 Å². The molecule has 0 unspecified atom stereocenters. The van der Waals surface area contributed by atoms with Crippen molar-refractivity contribution in [3.8, 4) is 5.75 Å². The van der Waals surface area contributed by atoms with E-state index in [-0.39, 0.29) is 11.5 Å². The second-order valence-electron chi connectivity index (χ2n) is 4.82. The average molecular weight is 306 g/mol. The van der Waals surface area contributed by atoms with Gasteiger partial charge in [-0.25, -0.2) is 0 Å². The van der Waals surface area contributed by atoms with Crippen LogP contribution in [-0.2, 0) is 0 Å². The number of aromatic hydroxyl groups is 1. The van der Waals surface area contributed by atoms with Crippen LogP contribution in [0.3, 0.4) is 0 Å². The van der Waals surface area contributed by atoms with E-state index in [1.807, 2.05) is 66.7 Å². The van der Waals surface area contributed by atoms with Crippen LogP contribution < -0.4 is 0 Å². The Morgan fingerprint density at radius 1 is 0.682 bits per heavy atom. The Morgan fingerprint density at radius 3 is 1.77 bits per heavy atom. The highest BCUT2D eigenvalue weighted by Gasteiger charge is 2.08. The summed E-state index contributed by atoms with van der Waals surface area (Å²) in [6.45, 7) is 0. The van der Waals surface area contributed by atoms with Crippen molar-refractivity contribution in [1.29, 1.82) is 0 Å². The molecule has 108 valence electrons. The number of hydrogen-bond acceptors (Lipinski definition) is 3. The summed E-state index contributed by atoms with van der Waals surface area (Å²) < 4.78 is 0. The Morgan fingerprint density at radius 2 is 1.18 bits per heavy atom. The molecule has 0 saturated heterocycles. The predicted octanol–water partition coefficient (Wildman–Crippen LogP) is 4.77. The number of phenolic OH excluding ortho intramolecular Hbond substituents is 1. The van der Waals surface area contributed by atoms with Gasteiger partial charge in [0, 0.05) is 20.9 Å². The van der Waals surface area contributed by atoms with Gasteiger partial charge >= 0.3 is 0 Å². The minimum atomic E-state index is 0.0294. The molecule has 0 aliphatic carbocycles. The third-order valence-electron chi connectivity index (χ3n) is 3.22. The number of carbonyl (C=O) groups excluding carboxylic acids is 1. The summed E-state index contributed by atoms with van der Waals surface area (Å²) >= 11 is 1.59. The monoisotopic (exact) mass is 306 g/mol. The van der Waals surface area contributed by atoms with Crippen molar-refractivity contribution < 1.29 is 9.90 Å². The third-order valence-corrected chi connectivity index (χ3v) is 4.24. The van der Waals surface area contributed by atoms with E-state index in [1.165, 1.54) is 0 Å². The van der Waals surface area contributed by atoms with Gasteiger partial charge in [-0.2, -0.15) is 0 Å². The molecule has 0 amide bonds. The Hall–Kier alpha value is -2.52. The topological polar surface area (TPSA) is 37.3 Å². The highest BCUT2D eigenvalue weighted by atomic mass is 32.2. The van der Waals surface area contributed by atoms with Crippen LogP contribution in [0.25, 0.3) is 0 Å². The normalized spacial score (nSPS) is 10.4. The highest BCUT2D eigenvalue weighted by molar-refractivity contribution is 7.99. The molecule has 0 heterocycles. The van der Waals surface area contributed by atoms with Crippen LogP contribution in [0, 0.1) is 0 Å². The minimum Gasteiger partial charge on any atom is -0.508 e. The van der Waals surface area contributed by atoms with Crippen LogP contribution >= 0.6 is 11.8 Å². The van der Waals surface area contributed by atoms with Gasteiger partial charge < -0.3 is 5.11 Å². The summed E-state index contributed by atoms with van der Waals surface area (Å²) in [5.41, 5.74) is 1.38. The van der Waals surface area contributed by atoms with E-state index in [0.717, 1.165) is 9.79 Å². The number of hydrogen-bond donors (Lipinski definition) is 1. The molecule has 0 fully saturated rings. The van der Waals surface area contributed by atoms with Gasteiger partial charge in [-0.1, -0.05) is 42.1 Å². The maximum Gasteiger partial charge on any atom is 0.193 e. The fourth-order valence-electron chi connectivity index (χ4n) is 2.08. The van der Waals surface area contributed by atoms with E-state index in [9.17, 15) is 9.90 Å². The van der Waals surface area contributed by atoms with E-state index in [2.05, 4.69) is 0 Å². The van der Waals surface area contributed by atoms with Gasteiger partial charge in [-0.15, -0.1) is 0 Å². The molecule has 1 N–H and O–H groups in total. The van der Waals surface area contributed by atoms with Gasteiger partial charge in [0.1, 0.15) is 5.75 Å². The van der Waals surface area contributed by atoms with Gasteiger partial charge in [-0.05, 0) is 48.5 Å². The van der Waals surface area contributed by atoms with Crippen molar-refractivity contribution in [3.63, 3.8) is 0 Å². The van der Waals surface area contributed by atoms with Gasteiger partial charge in [0.2, 0.25) is 0 Å². The number of benzene rings is 3. The Labute approximate surface area is 133 Å². The lowest BCUT2D eigenvalue weighted by Crippen LogP contribution is -2.00. The quantitative estimate of drug-likeness (QED) is 0.705. The van der Waals surface area contributed by atoms with Gasteiger partial charge in [-0.3, -0.25) is 4.79 Å². The molecule has 3 rings (SSSR count). The van der Waals surface area contributed by atoms with Gasteiger partial charge in [0.05, 0.1) is 0 Å². The summed E-state index contributed by atoms with van der Waals surface area (Å²) in [6, 6.07) is 23.9. The molecular formula is C19H14O2S.